The highest BCUT2D eigenvalue weighted by Crippen LogP contribution is 2.46. The largest absolute Gasteiger partial charge is 0.497 e. The lowest BCUT2D eigenvalue weighted by atomic mass is 9.99. The second-order valence-electron chi connectivity index (χ2n) is 8.73. The third-order valence-electron chi connectivity index (χ3n) is 6.38. The fourth-order valence-electron chi connectivity index (χ4n) is 4.66. The van der Waals surface area contributed by atoms with Gasteiger partial charge in [-0.05, 0) is 30.2 Å². The zero-order valence-corrected chi connectivity index (χ0v) is 22.0. The molecule has 0 saturated carbocycles. The first-order chi connectivity index (χ1) is 18.7. The van der Waals surface area contributed by atoms with Crippen molar-refractivity contribution in [2.75, 3.05) is 24.9 Å². The number of methoxy groups -OCH3 is 2. The van der Waals surface area contributed by atoms with Crippen LogP contribution < -0.4 is 15.4 Å². The summed E-state index contributed by atoms with van der Waals surface area (Å²) in [6.07, 6.45) is -0.518. The van der Waals surface area contributed by atoms with E-state index in [1.807, 2.05) is 72.3 Å². The van der Waals surface area contributed by atoms with Crippen LogP contribution in [0.15, 0.2) is 90.8 Å². The second kappa shape index (κ2) is 10.1. The van der Waals surface area contributed by atoms with Crippen LogP contribution in [-0.2, 0) is 4.74 Å². The van der Waals surface area contributed by atoms with Crippen molar-refractivity contribution in [3.05, 3.63) is 101 Å². The lowest BCUT2D eigenvalue weighted by Crippen LogP contribution is -2.28. The molecule has 6 rings (SSSR count). The molecule has 0 spiro atoms. The Morgan fingerprint density at radius 3 is 2.13 bits per heavy atom. The summed E-state index contributed by atoms with van der Waals surface area (Å²) in [6.45, 7) is 1.93. The van der Waals surface area contributed by atoms with E-state index in [4.69, 9.17) is 14.6 Å². The van der Waals surface area contributed by atoms with Gasteiger partial charge in [-0.15, -0.1) is 10.2 Å². The molecule has 0 radical (unpaired) electrons. The van der Waals surface area contributed by atoms with E-state index in [9.17, 15) is 0 Å². The highest BCUT2D eigenvalue weighted by molar-refractivity contribution is 7.15. The molecule has 2 aromatic heterocycles. The highest BCUT2D eigenvalue weighted by Gasteiger charge is 2.34. The Morgan fingerprint density at radius 2 is 1.53 bits per heavy atom. The van der Waals surface area contributed by atoms with Gasteiger partial charge in [0, 0.05) is 12.7 Å². The van der Waals surface area contributed by atoms with Crippen LogP contribution >= 0.6 is 11.3 Å². The summed E-state index contributed by atoms with van der Waals surface area (Å²) in [6, 6.07) is 28.4. The topological polar surface area (TPSA) is 86.1 Å². The summed E-state index contributed by atoms with van der Waals surface area (Å²) in [5.41, 5.74) is 5.76. The molecule has 0 fully saturated rings. The van der Waals surface area contributed by atoms with Crippen molar-refractivity contribution >= 4 is 27.9 Å². The van der Waals surface area contributed by atoms with Crippen molar-refractivity contribution < 1.29 is 9.47 Å². The van der Waals surface area contributed by atoms with Gasteiger partial charge in [-0.1, -0.05) is 84.1 Å². The molecule has 1 aliphatic rings. The average Bonchev–Trinajstić information content (AvgIpc) is 3.56. The Bertz CT molecular complexity index is 1590. The maximum Gasteiger partial charge on any atom is 0.211 e. The molecule has 5 aromatic rings. The summed E-state index contributed by atoms with van der Waals surface area (Å²) in [4.78, 5) is 0. The number of nitrogens with zero attached hydrogens (tertiary/aromatic N) is 4. The first kappa shape index (κ1) is 23.9. The monoisotopic (exact) mass is 522 g/mol. The molecule has 1 unspecified atom stereocenters. The average molecular weight is 523 g/mol. The van der Waals surface area contributed by atoms with Crippen LogP contribution in [0.1, 0.15) is 16.8 Å². The number of fused-ring (bicyclic) bond motifs is 1. The Balaban J connectivity index is 1.57. The SMILES string of the molecule is COc1ccc(C2=C(Nc3nnc(C)s3)Nc3c(-c4ccccc4)c(-c4ccccc4)nn3C2OC)cc1. The summed E-state index contributed by atoms with van der Waals surface area (Å²) in [5.74, 6) is 2.35. The maximum absolute atomic E-state index is 6.15. The highest BCUT2D eigenvalue weighted by atomic mass is 32.1. The zero-order valence-electron chi connectivity index (χ0n) is 21.2. The van der Waals surface area contributed by atoms with Gasteiger partial charge in [-0.3, -0.25) is 0 Å². The molecule has 0 saturated heterocycles. The molecule has 1 aliphatic heterocycles. The van der Waals surface area contributed by atoms with Crippen LogP contribution in [0, 0.1) is 6.92 Å². The van der Waals surface area contributed by atoms with Gasteiger partial charge < -0.3 is 20.1 Å². The van der Waals surface area contributed by atoms with Crippen LogP contribution in [0.4, 0.5) is 10.9 Å². The molecule has 3 aromatic carbocycles. The van der Waals surface area contributed by atoms with Crippen molar-refractivity contribution in [3.8, 4) is 28.1 Å². The fourth-order valence-corrected chi connectivity index (χ4v) is 5.26. The van der Waals surface area contributed by atoms with Gasteiger partial charge >= 0.3 is 0 Å². The van der Waals surface area contributed by atoms with Crippen LogP contribution in [0.2, 0.25) is 0 Å². The van der Waals surface area contributed by atoms with E-state index in [1.54, 1.807) is 14.2 Å². The summed E-state index contributed by atoms with van der Waals surface area (Å²) >= 11 is 1.49. The third kappa shape index (κ3) is 4.31. The number of ether oxygens (including phenoxy) is 2. The number of anilines is 2. The minimum atomic E-state index is -0.518. The Kier molecular flexibility index (Phi) is 6.36. The van der Waals surface area contributed by atoms with E-state index in [-0.39, 0.29) is 0 Å². The number of aromatic nitrogens is 4. The molecule has 8 nitrogen and oxygen atoms in total. The Labute approximate surface area is 224 Å². The minimum absolute atomic E-state index is 0.518. The molecule has 2 N–H and O–H groups in total. The van der Waals surface area contributed by atoms with Crippen LogP contribution in [-0.4, -0.2) is 34.2 Å². The molecular weight excluding hydrogens is 496 g/mol. The normalized spacial score (nSPS) is 14.7. The van der Waals surface area contributed by atoms with Gasteiger partial charge in [0.1, 0.15) is 28.1 Å². The minimum Gasteiger partial charge on any atom is -0.497 e. The maximum atomic E-state index is 6.15. The van der Waals surface area contributed by atoms with Crippen molar-refractivity contribution in [2.24, 2.45) is 0 Å². The van der Waals surface area contributed by atoms with E-state index in [2.05, 4.69) is 45.1 Å². The number of nitrogens with one attached hydrogen (secondary N) is 2. The van der Waals surface area contributed by atoms with Crippen molar-refractivity contribution in [1.29, 1.82) is 0 Å². The smallest absolute Gasteiger partial charge is 0.211 e. The molecule has 0 amide bonds. The van der Waals surface area contributed by atoms with E-state index < -0.39 is 6.23 Å². The van der Waals surface area contributed by atoms with Gasteiger partial charge in [-0.2, -0.15) is 5.10 Å². The van der Waals surface area contributed by atoms with Gasteiger partial charge in [0.2, 0.25) is 5.13 Å². The molecular formula is C29H26N6O2S. The number of aryl methyl sites for hydroxylation is 1. The molecule has 0 aliphatic carbocycles. The Morgan fingerprint density at radius 1 is 0.842 bits per heavy atom. The fraction of sp³-hybridized carbons (Fsp3) is 0.138. The predicted molar refractivity (Wildman–Crippen MR) is 151 cm³/mol. The van der Waals surface area contributed by atoms with Crippen molar-refractivity contribution in [2.45, 2.75) is 13.2 Å². The lowest BCUT2D eigenvalue weighted by molar-refractivity contribution is 0.0830. The molecule has 1 atom stereocenters. The second-order valence-corrected chi connectivity index (χ2v) is 9.91. The molecule has 3 heterocycles. The van der Waals surface area contributed by atoms with Crippen molar-refractivity contribution in [1.82, 2.24) is 20.0 Å². The summed E-state index contributed by atoms with van der Waals surface area (Å²) in [5, 5.41) is 22.3. The van der Waals surface area contributed by atoms with Gasteiger partial charge in [0.05, 0.1) is 18.2 Å². The van der Waals surface area contributed by atoms with Gasteiger partial charge in [0.15, 0.2) is 6.23 Å². The van der Waals surface area contributed by atoms with E-state index in [1.165, 1.54) is 11.3 Å². The van der Waals surface area contributed by atoms with E-state index in [0.717, 1.165) is 55.9 Å². The van der Waals surface area contributed by atoms with Crippen LogP contribution in [0.3, 0.4) is 0 Å². The van der Waals surface area contributed by atoms with Crippen molar-refractivity contribution in [3.63, 3.8) is 0 Å². The number of benzene rings is 3. The number of hydrogen-bond donors (Lipinski definition) is 2. The summed E-state index contributed by atoms with van der Waals surface area (Å²) in [7, 11) is 3.35. The molecule has 0 bridgehead atoms. The predicted octanol–water partition coefficient (Wildman–Crippen LogP) is 6.44. The third-order valence-corrected chi connectivity index (χ3v) is 7.14. The molecule has 9 heteroatoms. The van der Waals surface area contributed by atoms with Gasteiger partial charge in [-0.25, -0.2) is 4.68 Å². The van der Waals surface area contributed by atoms with E-state index >= 15 is 0 Å². The quantitative estimate of drug-likeness (QED) is 0.254. The summed E-state index contributed by atoms with van der Waals surface area (Å²) < 4.78 is 13.5. The van der Waals surface area contributed by atoms with Gasteiger partial charge in [0.25, 0.3) is 0 Å². The molecule has 38 heavy (non-hydrogen) atoms. The standard InChI is InChI=1S/C29H26N6O2S/c1-18-32-33-29(38-18)31-26-24(20-14-16-22(36-2)17-15-20)28(37-3)35-27(30-26)23(19-10-6-4-7-11-19)25(34-35)21-12-8-5-9-13-21/h4-17,28,30H,1-3H3,(H,31,33). The zero-order chi connectivity index (χ0) is 26.1. The number of rotatable bonds is 7. The Hall–Kier alpha value is -4.47. The number of hydrogen-bond acceptors (Lipinski definition) is 8. The molecule has 190 valence electrons. The lowest BCUT2D eigenvalue weighted by Gasteiger charge is -2.31. The van der Waals surface area contributed by atoms with E-state index in [0.29, 0.717) is 5.13 Å². The first-order valence-corrected chi connectivity index (χ1v) is 13.0. The van der Waals surface area contributed by atoms with Crippen LogP contribution in [0.25, 0.3) is 28.0 Å². The van der Waals surface area contributed by atoms with Crippen LogP contribution in [0.5, 0.6) is 5.75 Å². The first-order valence-electron chi connectivity index (χ1n) is 12.1.